The van der Waals surface area contributed by atoms with Crippen molar-refractivity contribution in [1.29, 1.82) is 0 Å². The maximum absolute atomic E-state index is 12.5. The molecule has 1 amide bonds. The van der Waals surface area contributed by atoms with Crippen LogP contribution >= 0.6 is 0 Å². The highest BCUT2D eigenvalue weighted by molar-refractivity contribution is 5.99. The van der Waals surface area contributed by atoms with Gasteiger partial charge in [-0.1, -0.05) is 42.5 Å². The zero-order valence-corrected chi connectivity index (χ0v) is 12.8. The van der Waals surface area contributed by atoms with E-state index in [1.807, 2.05) is 30.3 Å². The molecule has 0 unspecified atom stereocenters. The Bertz CT molecular complexity index is 704. The van der Waals surface area contributed by atoms with E-state index in [-0.39, 0.29) is 23.4 Å². The molecule has 1 saturated heterocycles. The standard InChI is InChI=1S/C19H19NO3/c21-17-9-5-4-8-16(17)19(23)20-12-10-15(11-13-20)18(22)14-6-2-1-3-7-14/h1-9,15,21H,10-13H2. The van der Waals surface area contributed by atoms with Gasteiger partial charge < -0.3 is 10.0 Å². The van der Waals surface area contributed by atoms with Gasteiger partial charge in [0.25, 0.3) is 5.91 Å². The molecule has 4 nitrogen and oxygen atoms in total. The van der Waals surface area contributed by atoms with Gasteiger partial charge in [-0.2, -0.15) is 0 Å². The van der Waals surface area contributed by atoms with Gasteiger partial charge in [-0.3, -0.25) is 9.59 Å². The van der Waals surface area contributed by atoms with Gasteiger partial charge >= 0.3 is 0 Å². The second-order valence-electron chi connectivity index (χ2n) is 5.81. The Morgan fingerprint density at radius 3 is 2.17 bits per heavy atom. The Balaban J connectivity index is 1.64. The molecule has 0 bridgehead atoms. The van der Waals surface area contributed by atoms with Gasteiger partial charge in [0, 0.05) is 24.6 Å². The van der Waals surface area contributed by atoms with Crippen LogP contribution in [-0.4, -0.2) is 34.8 Å². The van der Waals surface area contributed by atoms with Crippen LogP contribution in [0.25, 0.3) is 0 Å². The fourth-order valence-corrected chi connectivity index (χ4v) is 3.01. The van der Waals surface area contributed by atoms with E-state index in [0.717, 1.165) is 5.56 Å². The van der Waals surface area contributed by atoms with Gasteiger partial charge in [0.05, 0.1) is 5.56 Å². The average molecular weight is 309 g/mol. The van der Waals surface area contributed by atoms with Crippen LogP contribution in [0.1, 0.15) is 33.6 Å². The molecule has 0 aromatic heterocycles. The summed E-state index contributed by atoms with van der Waals surface area (Å²) in [4.78, 5) is 26.6. The number of aromatic hydroxyl groups is 1. The maximum Gasteiger partial charge on any atom is 0.257 e. The number of benzene rings is 2. The van der Waals surface area contributed by atoms with Crippen LogP contribution in [0.5, 0.6) is 5.75 Å². The summed E-state index contributed by atoms with van der Waals surface area (Å²) in [7, 11) is 0. The third kappa shape index (κ3) is 3.26. The summed E-state index contributed by atoms with van der Waals surface area (Å²) in [5, 5.41) is 9.80. The topological polar surface area (TPSA) is 57.6 Å². The van der Waals surface area contributed by atoms with Crippen molar-refractivity contribution in [3.05, 3.63) is 65.7 Å². The number of ketones is 1. The van der Waals surface area contributed by atoms with Crippen LogP contribution in [0.3, 0.4) is 0 Å². The summed E-state index contributed by atoms with van der Waals surface area (Å²) in [5.74, 6) is -0.0558. The van der Waals surface area contributed by atoms with E-state index in [0.29, 0.717) is 31.5 Å². The Morgan fingerprint density at radius 1 is 0.913 bits per heavy atom. The van der Waals surface area contributed by atoms with Crippen LogP contribution < -0.4 is 0 Å². The minimum atomic E-state index is -0.172. The fraction of sp³-hybridized carbons (Fsp3) is 0.263. The molecule has 0 atom stereocenters. The van der Waals surface area contributed by atoms with Crippen LogP contribution in [0, 0.1) is 5.92 Å². The first kappa shape index (κ1) is 15.3. The second kappa shape index (κ2) is 6.65. The van der Waals surface area contributed by atoms with E-state index < -0.39 is 0 Å². The number of Topliss-reactive ketones (excluding diaryl/α,β-unsaturated/α-hetero) is 1. The van der Waals surface area contributed by atoms with E-state index in [9.17, 15) is 14.7 Å². The number of hydrogen-bond acceptors (Lipinski definition) is 3. The molecule has 4 heteroatoms. The van der Waals surface area contributed by atoms with E-state index in [1.54, 1.807) is 23.1 Å². The first-order chi connectivity index (χ1) is 11.2. The van der Waals surface area contributed by atoms with Gasteiger partial charge in [-0.05, 0) is 25.0 Å². The number of carbonyl (C=O) groups excluding carboxylic acids is 2. The van der Waals surface area contributed by atoms with Crippen molar-refractivity contribution < 1.29 is 14.7 Å². The minimum Gasteiger partial charge on any atom is -0.507 e. The molecule has 1 aliphatic rings. The third-order valence-electron chi connectivity index (χ3n) is 4.35. The molecule has 3 rings (SSSR count). The number of rotatable bonds is 3. The van der Waals surface area contributed by atoms with Crippen molar-refractivity contribution >= 4 is 11.7 Å². The number of hydrogen-bond donors (Lipinski definition) is 1. The monoisotopic (exact) mass is 309 g/mol. The SMILES string of the molecule is O=C(c1ccccc1)C1CCN(C(=O)c2ccccc2O)CC1. The Labute approximate surface area is 135 Å². The van der Waals surface area contributed by atoms with Crippen LogP contribution in [-0.2, 0) is 0 Å². The lowest BCUT2D eigenvalue weighted by Gasteiger charge is -2.31. The van der Waals surface area contributed by atoms with Crippen molar-refractivity contribution in [3.63, 3.8) is 0 Å². The maximum atomic E-state index is 12.5. The highest BCUT2D eigenvalue weighted by Crippen LogP contribution is 2.25. The normalized spacial score (nSPS) is 15.4. The number of phenolic OH excluding ortho intramolecular Hbond substituents is 1. The predicted octanol–water partition coefficient (Wildman–Crippen LogP) is 3.13. The van der Waals surface area contributed by atoms with E-state index in [1.165, 1.54) is 6.07 Å². The lowest BCUT2D eigenvalue weighted by molar-refractivity contribution is 0.0648. The number of amides is 1. The molecule has 1 aliphatic heterocycles. The highest BCUT2D eigenvalue weighted by Gasteiger charge is 2.29. The van der Waals surface area contributed by atoms with Crippen LogP contribution in [0.4, 0.5) is 0 Å². The zero-order chi connectivity index (χ0) is 16.2. The van der Waals surface area contributed by atoms with Crippen molar-refractivity contribution in [1.82, 2.24) is 4.90 Å². The van der Waals surface area contributed by atoms with Crippen molar-refractivity contribution in [3.8, 4) is 5.75 Å². The number of likely N-dealkylation sites (tertiary alicyclic amines) is 1. The molecule has 1 N–H and O–H groups in total. The molecular formula is C19H19NO3. The lowest BCUT2D eigenvalue weighted by Crippen LogP contribution is -2.40. The molecule has 2 aromatic rings. The summed E-state index contributed by atoms with van der Waals surface area (Å²) >= 11 is 0. The smallest absolute Gasteiger partial charge is 0.257 e. The first-order valence-electron chi connectivity index (χ1n) is 7.83. The van der Waals surface area contributed by atoms with Crippen molar-refractivity contribution in [2.75, 3.05) is 13.1 Å². The van der Waals surface area contributed by atoms with Gasteiger partial charge in [-0.15, -0.1) is 0 Å². The molecule has 1 fully saturated rings. The molecule has 2 aromatic carbocycles. The molecule has 23 heavy (non-hydrogen) atoms. The molecule has 118 valence electrons. The largest absolute Gasteiger partial charge is 0.507 e. The molecule has 0 saturated carbocycles. The number of carbonyl (C=O) groups is 2. The minimum absolute atomic E-state index is 0.0000135. The number of para-hydroxylation sites is 1. The average Bonchev–Trinajstić information content (AvgIpc) is 2.62. The number of piperidine rings is 1. The zero-order valence-electron chi connectivity index (χ0n) is 12.8. The molecule has 0 radical (unpaired) electrons. The number of phenols is 1. The van der Waals surface area contributed by atoms with Crippen LogP contribution in [0.2, 0.25) is 0 Å². The third-order valence-corrected chi connectivity index (χ3v) is 4.35. The summed E-state index contributed by atoms with van der Waals surface area (Å²) < 4.78 is 0. The fourth-order valence-electron chi connectivity index (χ4n) is 3.01. The van der Waals surface area contributed by atoms with Gasteiger partial charge in [0.2, 0.25) is 0 Å². The first-order valence-corrected chi connectivity index (χ1v) is 7.83. The van der Waals surface area contributed by atoms with Gasteiger partial charge in [0.1, 0.15) is 5.75 Å². The van der Waals surface area contributed by atoms with E-state index in [4.69, 9.17) is 0 Å². The lowest BCUT2D eigenvalue weighted by atomic mass is 9.88. The van der Waals surface area contributed by atoms with E-state index in [2.05, 4.69) is 0 Å². The molecule has 0 spiro atoms. The number of nitrogens with zero attached hydrogens (tertiary/aromatic N) is 1. The Morgan fingerprint density at radius 2 is 1.52 bits per heavy atom. The van der Waals surface area contributed by atoms with Gasteiger partial charge in [0.15, 0.2) is 5.78 Å². The molecule has 1 heterocycles. The second-order valence-corrected chi connectivity index (χ2v) is 5.81. The summed E-state index contributed by atoms with van der Waals surface area (Å²) in [6.45, 7) is 1.08. The van der Waals surface area contributed by atoms with E-state index >= 15 is 0 Å². The van der Waals surface area contributed by atoms with Crippen LogP contribution in [0.15, 0.2) is 54.6 Å². The summed E-state index contributed by atoms with van der Waals surface area (Å²) in [5.41, 5.74) is 1.05. The van der Waals surface area contributed by atoms with Crippen molar-refractivity contribution in [2.45, 2.75) is 12.8 Å². The quantitative estimate of drug-likeness (QED) is 0.886. The Kier molecular flexibility index (Phi) is 4.42. The highest BCUT2D eigenvalue weighted by atomic mass is 16.3. The summed E-state index contributed by atoms with van der Waals surface area (Å²) in [6.07, 6.45) is 1.32. The molecular weight excluding hydrogens is 290 g/mol. The molecule has 0 aliphatic carbocycles. The van der Waals surface area contributed by atoms with Gasteiger partial charge in [-0.25, -0.2) is 0 Å². The van der Waals surface area contributed by atoms with Crippen molar-refractivity contribution in [2.24, 2.45) is 5.92 Å². The summed E-state index contributed by atoms with van der Waals surface area (Å²) in [6, 6.07) is 15.9. The Hall–Kier alpha value is -2.62. The predicted molar refractivity (Wildman–Crippen MR) is 87.5 cm³/mol.